The van der Waals surface area contributed by atoms with E-state index < -0.39 is 11.2 Å². The van der Waals surface area contributed by atoms with Crippen LogP contribution in [0.2, 0.25) is 0 Å². The largest absolute Gasteiger partial charge is 0.497 e. The molecule has 0 heterocycles. The fourth-order valence-corrected chi connectivity index (χ4v) is 1.19. The van der Waals surface area contributed by atoms with Gasteiger partial charge in [-0.2, -0.15) is 0 Å². The SMILES string of the molecule is COC1=CC(=C=O)C(C(=O)Cl)C=C1. The molecule has 1 unspecified atom stereocenters. The number of hydrogen-bond donors (Lipinski definition) is 0. The van der Waals surface area contributed by atoms with E-state index in [1.165, 1.54) is 19.3 Å². The second kappa shape index (κ2) is 4.08. The molecule has 0 fully saturated rings. The molecule has 13 heavy (non-hydrogen) atoms. The van der Waals surface area contributed by atoms with Crippen LogP contribution in [-0.4, -0.2) is 18.3 Å². The molecule has 0 aromatic carbocycles. The van der Waals surface area contributed by atoms with E-state index in [4.69, 9.17) is 16.3 Å². The third kappa shape index (κ3) is 2.08. The maximum Gasteiger partial charge on any atom is 0.233 e. The molecule has 0 aromatic rings. The number of halogens is 1. The lowest BCUT2D eigenvalue weighted by molar-refractivity contribution is -0.113. The van der Waals surface area contributed by atoms with Crippen LogP contribution in [0.1, 0.15) is 0 Å². The van der Waals surface area contributed by atoms with E-state index in [0.717, 1.165) is 0 Å². The van der Waals surface area contributed by atoms with Crippen LogP contribution >= 0.6 is 11.6 Å². The van der Waals surface area contributed by atoms with Gasteiger partial charge in [0.25, 0.3) is 0 Å². The maximum atomic E-state index is 10.8. The van der Waals surface area contributed by atoms with Crippen molar-refractivity contribution in [3.63, 3.8) is 0 Å². The van der Waals surface area contributed by atoms with Gasteiger partial charge in [-0.1, -0.05) is 6.08 Å². The van der Waals surface area contributed by atoms with Crippen LogP contribution in [-0.2, 0) is 14.3 Å². The Morgan fingerprint density at radius 3 is 2.85 bits per heavy atom. The van der Waals surface area contributed by atoms with E-state index in [2.05, 4.69) is 0 Å². The highest BCUT2D eigenvalue weighted by atomic mass is 35.5. The molecule has 1 aliphatic carbocycles. The summed E-state index contributed by atoms with van der Waals surface area (Å²) in [5.41, 5.74) is 0.194. The fourth-order valence-electron chi connectivity index (χ4n) is 1.00. The van der Waals surface area contributed by atoms with Crippen LogP contribution in [0.4, 0.5) is 0 Å². The van der Waals surface area contributed by atoms with Gasteiger partial charge in [-0.05, 0) is 23.8 Å². The second-order valence-corrected chi connectivity index (χ2v) is 2.82. The molecule has 1 aliphatic rings. The molecular formula is C9H7ClO3. The van der Waals surface area contributed by atoms with Crippen molar-refractivity contribution in [1.29, 1.82) is 0 Å². The summed E-state index contributed by atoms with van der Waals surface area (Å²) in [6.07, 6.45) is 4.54. The van der Waals surface area contributed by atoms with Crippen LogP contribution < -0.4 is 0 Å². The first-order chi connectivity index (χ1) is 6.19. The summed E-state index contributed by atoms with van der Waals surface area (Å²) in [6.45, 7) is 0. The van der Waals surface area contributed by atoms with Crippen molar-refractivity contribution in [3.05, 3.63) is 29.6 Å². The summed E-state index contributed by atoms with van der Waals surface area (Å²) in [4.78, 5) is 21.2. The van der Waals surface area contributed by atoms with E-state index >= 15 is 0 Å². The Labute approximate surface area is 80.3 Å². The minimum absolute atomic E-state index is 0.194. The van der Waals surface area contributed by atoms with Crippen molar-refractivity contribution >= 4 is 22.8 Å². The minimum atomic E-state index is -0.696. The Bertz CT molecular complexity index is 335. The first kappa shape index (κ1) is 9.78. The summed E-state index contributed by atoms with van der Waals surface area (Å²) < 4.78 is 4.87. The highest BCUT2D eigenvalue weighted by Crippen LogP contribution is 2.22. The lowest BCUT2D eigenvalue weighted by Crippen LogP contribution is -2.11. The van der Waals surface area contributed by atoms with Gasteiger partial charge >= 0.3 is 0 Å². The summed E-state index contributed by atoms with van der Waals surface area (Å²) in [6, 6.07) is 0. The third-order valence-corrected chi connectivity index (χ3v) is 1.92. The summed E-state index contributed by atoms with van der Waals surface area (Å²) >= 11 is 5.26. The standard InChI is InChI=1S/C9H7ClO3/c1-13-7-2-3-8(9(10)12)6(4-7)5-11/h2-4,8H,1H3. The van der Waals surface area contributed by atoms with Crippen LogP contribution in [0, 0.1) is 5.92 Å². The van der Waals surface area contributed by atoms with Crippen molar-refractivity contribution in [3.8, 4) is 0 Å². The van der Waals surface area contributed by atoms with E-state index in [-0.39, 0.29) is 5.57 Å². The normalized spacial score (nSPS) is 20.6. The smallest absolute Gasteiger partial charge is 0.233 e. The molecule has 4 heteroatoms. The Morgan fingerprint density at radius 1 is 1.69 bits per heavy atom. The zero-order valence-corrected chi connectivity index (χ0v) is 7.67. The Hall–Kier alpha value is -1.31. The molecule has 0 aromatic heterocycles. The van der Waals surface area contributed by atoms with Gasteiger partial charge in [0.1, 0.15) is 11.7 Å². The van der Waals surface area contributed by atoms with Gasteiger partial charge < -0.3 is 4.74 Å². The van der Waals surface area contributed by atoms with Gasteiger partial charge in [0, 0.05) is 0 Å². The topological polar surface area (TPSA) is 43.4 Å². The summed E-state index contributed by atoms with van der Waals surface area (Å²) in [5.74, 6) is 1.46. The van der Waals surface area contributed by atoms with Crippen molar-refractivity contribution in [2.45, 2.75) is 0 Å². The molecular weight excluding hydrogens is 192 g/mol. The average molecular weight is 199 g/mol. The number of hydrogen-bond acceptors (Lipinski definition) is 3. The van der Waals surface area contributed by atoms with Gasteiger partial charge in [-0.25, -0.2) is 4.79 Å². The van der Waals surface area contributed by atoms with Gasteiger partial charge in [-0.3, -0.25) is 4.79 Å². The van der Waals surface area contributed by atoms with Crippen LogP contribution in [0.3, 0.4) is 0 Å². The molecule has 0 saturated heterocycles. The zero-order valence-electron chi connectivity index (χ0n) is 6.91. The van der Waals surface area contributed by atoms with Gasteiger partial charge in [0.2, 0.25) is 5.24 Å². The number of allylic oxidation sites excluding steroid dienone is 4. The molecule has 68 valence electrons. The van der Waals surface area contributed by atoms with Gasteiger partial charge in [-0.15, -0.1) is 0 Å². The molecule has 3 nitrogen and oxygen atoms in total. The van der Waals surface area contributed by atoms with Crippen molar-refractivity contribution in [2.75, 3.05) is 7.11 Å². The summed E-state index contributed by atoms with van der Waals surface area (Å²) in [7, 11) is 1.47. The van der Waals surface area contributed by atoms with Gasteiger partial charge in [0.05, 0.1) is 18.6 Å². The first-order valence-electron chi connectivity index (χ1n) is 3.57. The molecule has 1 rings (SSSR count). The first-order valence-corrected chi connectivity index (χ1v) is 3.95. The molecule has 0 saturated carbocycles. The Kier molecular flexibility index (Phi) is 3.07. The number of ether oxygens (including phenoxy) is 1. The number of carbonyl (C=O) groups is 1. The number of rotatable bonds is 2. The zero-order chi connectivity index (χ0) is 9.84. The lowest BCUT2D eigenvalue weighted by atomic mass is 9.96. The van der Waals surface area contributed by atoms with Crippen molar-refractivity contribution < 1.29 is 14.3 Å². The molecule has 0 aliphatic heterocycles. The second-order valence-electron chi connectivity index (χ2n) is 2.45. The maximum absolute atomic E-state index is 10.8. The minimum Gasteiger partial charge on any atom is -0.497 e. The molecule has 1 atom stereocenters. The van der Waals surface area contributed by atoms with Crippen LogP contribution in [0.25, 0.3) is 0 Å². The number of carbonyl (C=O) groups excluding carboxylic acids is 2. The number of methoxy groups -OCH3 is 1. The monoisotopic (exact) mass is 198 g/mol. The Morgan fingerprint density at radius 2 is 2.38 bits per heavy atom. The summed E-state index contributed by atoms with van der Waals surface area (Å²) in [5, 5.41) is -0.596. The molecule has 0 bridgehead atoms. The van der Waals surface area contributed by atoms with E-state index in [9.17, 15) is 9.59 Å². The van der Waals surface area contributed by atoms with Crippen molar-refractivity contribution in [2.24, 2.45) is 5.92 Å². The highest BCUT2D eigenvalue weighted by molar-refractivity contribution is 6.64. The van der Waals surface area contributed by atoms with E-state index in [0.29, 0.717) is 5.76 Å². The van der Waals surface area contributed by atoms with Crippen LogP contribution in [0.15, 0.2) is 29.6 Å². The lowest BCUT2D eigenvalue weighted by Gasteiger charge is -2.12. The van der Waals surface area contributed by atoms with E-state index in [1.807, 2.05) is 0 Å². The molecule has 0 N–H and O–H groups in total. The molecule has 0 amide bonds. The van der Waals surface area contributed by atoms with Gasteiger partial charge in [0.15, 0.2) is 0 Å². The predicted octanol–water partition coefficient (Wildman–Crippen LogP) is 1.23. The quantitative estimate of drug-likeness (QED) is 0.495. The highest BCUT2D eigenvalue weighted by Gasteiger charge is 2.21. The third-order valence-electron chi connectivity index (χ3n) is 1.68. The van der Waals surface area contributed by atoms with Crippen LogP contribution in [0.5, 0.6) is 0 Å². The molecule has 0 spiro atoms. The molecule has 0 radical (unpaired) electrons. The van der Waals surface area contributed by atoms with E-state index in [1.54, 1.807) is 12.0 Å². The Balaban J connectivity index is 3.00. The fraction of sp³-hybridized carbons (Fsp3) is 0.222. The average Bonchev–Trinajstić information content (AvgIpc) is 2.16. The van der Waals surface area contributed by atoms with Crippen molar-refractivity contribution in [1.82, 2.24) is 0 Å². The predicted molar refractivity (Wildman–Crippen MR) is 47.8 cm³/mol.